The van der Waals surface area contributed by atoms with E-state index < -0.39 is 6.29 Å². The van der Waals surface area contributed by atoms with Gasteiger partial charge < -0.3 is 24.8 Å². The van der Waals surface area contributed by atoms with Gasteiger partial charge in [0.15, 0.2) is 6.29 Å². The van der Waals surface area contributed by atoms with Gasteiger partial charge in [0.25, 0.3) is 5.69 Å². The number of nitrogens with zero attached hydrogens (tertiary/aromatic N) is 3. The number of anilines is 2. The van der Waals surface area contributed by atoms with Crippen molar-refractivity contribution in [3.8, 4) is 0 Å². The van der Waals surface area contributed by atoms with Gasteiger partial charge in [-0.2, -0.15) is 0 Å². The Balaban J connectivity index is 1.29. The van der Waals surface area contributed by atoms with Gasteiger partial charge in [0.1, 0.15) is 0 Å². The number of aliphatic hydroxyl groups excluding tert-OH is 1. The van der Waals surface area contributed by atoms with Crippen molar-refractivity contribution in [2.24, 2.45) is 5.92 Å². The van der Waals surface area contributed by atoms with Crippen LogP contribution in [0.2, 0.25) is 0 Å². The fourth-order valence-electron chi connectivity index (χ4n) is 5.48. The maximum atomic E-state index is 11.4. The summed E-state index contributed by atoms with van der Waals surface area (Å²) in [6.45, 7) is 7.68. The molecule has 2 aliphatic rings. The molecular weight excluding hydrogens is 524 g/mol. The first kappa shape index (κ1) is 28.7. The summed E-state index contributed by atoms with van der Waals surface area (Å²) in [6, 6.07) is 22.1. The van der Waals surface area contributed by atoms with Crippen molar-refractivity contribution in [1.29, 1.82) is 0 Å². The fourth-order valence-corrected chi connectivity index (χ4v) is 5.48. The Morgan fingerprint density at radius 3 is 2.17 bits per heavy atom. The van der Waals surface area contributed by atoms with Crippen LogP contribution in [0.25, 0.3) is 0 Å². The quantitative estimate of drug-likeness (QED) is 0.302. The van der Waals surface area contributed by atoms with Crippen molar-refractivity contribution in [1.82, 2.24) is 4.90 Å². The van der Waals surface area contributed by atoms with E-state index in [1.54, 1.807) is 12.1 Å². The maximum Gasteiger partial charge on any atom is 0.269 e. The number of piperazine rings is 1. The summed E-state index contributed by atoms with van der Waals surface area (Å²) in [4.78, 5) is 26.7. The first-order chi connectivity index (χ1) is 19.8. The second-order valence-corrected chi connectivity index (χ2v) is 10.7. The number of carbonyl (C=O) groups is 1. The second kappa shape index (κ2) is 12.8. The molecule has 5 rings (SSSR count). The van der Waals surface area contributed by atoms with E-state index in [0.29, 0.717) is 5.69 Å². The summed E-state index contributed by atoms with van der Waals surface area (Å²) < 4.78 is 13.1. The molecule has 0 aliphatic carbocycles. The number of rotatable bonds is 8. The van der Waals surface area contributed by atoms with Gasteiger partial charge in [-0.15, -0.1) is 0 Å². The van der Waals surface area contributed by atoms with Crippen LogP contribution >= 0.6 is 0 Å². The Labute approximate surface area is 239 Å². The molecule has 2 aliphatic heterocycles. The number of aliphatic hydroxyl groups is 1. The smallest absolute Gasteiger partial charge is 0.269 e. The average Bonchev–Trinajstić information content (AvgIpc) is 2.99. The van der Waals surface area contributed by atoms with E-state index >= 15 is 0 Å². The van der Waals surface area contributed by atoms with Gasteiger partial charge in [-0.05, 0) is 35.4 Å². The number of non-ortho nitro benzene ring substituents is 1. The zero-order valence-corrected chi connectivity index (χ0v) is 23.3. The Bertz CT molecular complexity index is 1320. The van der Waals surface area contributed by atoms with Gasteiger partial charge in [0, 0.05) is 74.6 Å². The predicted octanol–water partition coefficient (Wildman–Crippen LogP) is 4.66. The number of amides is 1. The second-order valence-electron chi connectivity index (χ2n) is 10.7. The number of benzene rings is 3. The van der Waals surface area contributed by atoms with Gasteiger partial charge in [0.05, 0.1) is 23.7 Å². The highest BCUT2D eigenvalue weighted by Gasteiger charge is 2.39. The number of hydrogen-bond acceptors (Lipinski definition) is 8. The van der Waals surface area contributed by atoms with E-state index in [1.165, 1.54) is 6.92 Å². The molecule has 2 fully saturated rings. The van der Waals surface area contributed by atoms with Gasteiger partial charge in [-0.1, -0.05) is 43.3 Å². The summed E-state index contributed by atoms with van der Waals surface area (Å²) in [5, 5.41) is 23.3. The highest BCUT2D eigenvalue weighted by atomic mass is 16.7. The molecule has 216 valence electrons. The van der Waals surface area contributed by atoms with Gasteiger partial charge >= 0.3 is 0 Å². The third-order valence-corrected chi connectivity index (χ3v) is 7.86. The lowest BCUT2D eigenvalue weighted by molar-refractivity contribution is -0.384. The van der Waals surface area contributed by atoms with E-state index in [2.05, 4.69) is 22.0 Å². The molecule has 0 aromatic heterocycles. The largest absolute Gasteiger partial charge is 0.392 e. The molecule has 0 saturated carbocycles. The standard InChI is InChI=1S/C31H36N4O6/c1-21-29(19-33-15-17-34(18-16-33)27-11-13-28(14-12-27)35(38)39)40-31(25-7-9-26(10-8-25)32-22(2)37)41-30(21)24-5-3-23(20-36)4-6-24/h3-14,21,29-31,36H,15-20H2,1-2H3,(H,32,37)/t21-,29+,30+,31+/m1/s1. The zero-order valence-electron chi connectivity index (χ0n) is 23.3. The van der Waals surface area contributed by atoms with Gasteiger partial charge in [-0.3, -0.25) is 19.8 Å². The summed E-state index contributed by atoms with van der Waals surface area (Å²) in [5.41, 5.74) is 4.55. The summed E-state index contributed by atoms with van der Waals surface area (Å²) in [6.07, 6.45) is -0.883. The minimum Gasteiger partial charge on any atom is -0.392 e. The number of carbonyl (C=O) groups excluding carboxylic acids is 1. The highest BCUT2D eigenvalue weighted by molar-refractivity contribution is 5.88. The van der Waals surface area contributed by atoms with Crippen LogP contribution in [0, 0.1) is 16.0 Å². The van der Waals surface area contributed by atoms with E-state index in [4.69, 9.17) is 9.47 Å². The number of nitrogens with one attached hydrogen (secondary N) is 1. The molecule has 4 atom stereocenters. The number of nitro groups is 1. The minimum atomic E-state index is -0.577. The monoisotopic (exact) mass is 560 g/mol. The molecule has 3 aromatic rings. The number of hydrogen-bond donors (Lipinski definition) is 2. The molecule has 10 nitrogen and oxygen atoms in total. The van der Waals surface area contributed by atoms with Crippen LogP contribution in [0.1, 0.15) is 42.9 Å². The Hall–Kier alpha value is -3.83. The number of ether oxygens (including phenoxy) is 2. The Morgan fingerprint density at radius 2 is 1.59 bits per heavy atom. The topological polar surface area (TPSA) is 117 Å². The Morgan fingerprint density at radius 1 is 0.951 bits per heavy atom. The molecule has 0 unspecified atom stereocenters. The summed E-state index contributed by atoms with van der Waals surface area (Å²) in [7, 11) is 0. The lowest BCUT2D eigenvalue weighted by Gasteiger charge is -2.44. The SMILES string of the molecule is CC(=O)Nc1ccc([C@H]2O[C@@H](CN3CCN(c4ccc([N+](=O)[O-])cc4)CC3)[C@@H](C)[C@@H](c3ccc(CO)cc3)O2)cc1. The van der Waals surface area contributed by atoms with Crippen LogP contribution in [-0.4, -0.2) is 59.7 Å². The van der Waals surface area contributed by atoms with Crippen LogP contribution in [0.4, 0.5) is 17.1 Å². The molecule has 0 spiro atoms. The average molecular weight is 561 g/mol. The predicted molar refractivity (Wildman–Crippen MR) is 155 cm³/mol. The molecule has 41 heavy (non-hydrogen) atoms. The van der Waals surface area contributed by atoms with Crippen molar-refractivity contribution in [3.05, 3.63) is 99.6 Å². The van der Waals surface area contributed by atoms with Crippen LogP contribution in [0.3, 0.4) is 0 Å². The van der Waals surface area contributed by atoms with Crippen molar-refractivity contribution in [2.75, 3.05) is 42.9 Å². The third-order valence-electron chi connectivity index (χ3n) is 7.86. The normalized spacial score (nSPS) is 23.2. The third kappa shape index (κ3) is 6.91. The van der Waals surface area contributed by atoms with Gasteiger partial charge in [0.2, 0.25) is 5.91 Å². The minimum absolute atomic E-state index is 0.0117. The van der Waals surface area contributed by atoms with E-state index in [9.17, 15) is 20.0 Å². The molecule has 2 heterocycles. The fraction of sp³-hybridized carbons (Fsp3) is 0.387. The summed E-state index contributed by atoms with van der Waals surface area (Å²) in [5.74, 6) is -0.0607. The van der Waals surface area contributed by atoms with Crippen LogP contribution in [0.5, 0.6) is 0 Å². The van der Waals surface area contributed by atoms with E-state index in [0.717, 1.165) is 55.1 Å². The van der Waals surface area contributed by atoms with Crippen molar-refractivity contribution >= 4 is 23.0 Å². The van der Waals surface area contributed by atoms with Crippen LogP contribution < -0.4 is 10.2 Å². The summed E-state index contributed by atoms with van der Waals surface area (Å²) >= 11 is 0. The molecule has 0 radical (unpaired) electrons. The zero-order chi connectivity index (χ0) is 28.9. The highest BCUT2D eigenvalue weighted by Crippen LogP contribution is 2.42. The molecule has 1 amide bonds. The van der Waals surface area contributed by atoms with E-state index in [-0.39, 0.29) is 41.3 Å². The first-order valence-corrected chi connectivity index (χ1v) is 13.9. The van der Waals surface area contributed by atoms with Crippen molar-refractivity contribution in [3.63, 3.8) is 0 Å². The van der Waals surface area contributed by atoms with Crippen molar-refractivity contribution < 1.29 is 24.3 Å². The van der Waals surface area contributed by atoms with Crippen LogP contribution in [0.15, 0.2) is 72.8 Å². The Kier molecular flexibility index (Phi) is 8.94. The van der Waals surface area contributed by atoms with Crippen LogP contribution in [-0.2, 0) is 20.9 Å². The molecule has 2 saturated heterocycles. The molecule has 0 bridgehead atoms. The lowest BCUT2D eigenvalue weighted by atomic mass is 9.90. The number of nitro benzene ring substituents is 1. The maximum absolute atomic E-state index is 11.4. The molecular formula is C31H36N4O6. The van der Waals surface area contributed by atoms with E-state index in [1.807, 2.05) is 60.7 Å². The molecule has 10 heteroatoms. The first-order valence-electron chi connectivity index (χ1n) is 13.9. The van der Waals surface area contributed by atoms with Gasteiger partial charge in [-0.25, -0.2) is 0 Å². The molecule has 2 N–H and O–H groups in total. The molecule has 3 aromatic carbocycles. The lowest BCUT2D eigenvalue weighted by Crippen LogP contribution is -2.51. The van der Waals surface area contributed by atoms with Crippen molar-refractivity contribution in [2.45, 2.75) is 39.0 Å².